The maximum absolute atomic E-state index is 12.1. The molecular weight excluding hydrogens is 280 g/mol. The van der Waals surface area contributed by atoms with Crippen LogP contribution in [0.3, 0.4) is 0 Å². The van der Waals surface area contributed by atoms with E-state index in [1.165, 1.54) is 6.26 Å². The van der Waals surface area contributed by atoms with Crippen molar-refractivity contribution in [1.82, 2.24) is 5.32 Å². The van der Waals surface area contributed by atoms with Crippen LogP contribution in [0.2, 0.25) is 0 Å². The Kier molecular flexibility index (Phi) is 5.36. The fourth-order valence-electron chi connectivity index (χ4n) is 2.07. The number of hydrogen-bond donors (Lipinski definition) is 2. The monoisotopic (exact) mass is 300 g/mol. The molecule has 0 aliphatic heterocycles. The van der Waals surface area contributed by atoms with Crippen LogP contribution in [-0.4, -0.2) is 17.9 Å². The van der Waals surface area contributed by atoms with Crippen molar-refractivity contribution in [1.29, 1.82) is 0 Å². The molecule has 0 spiro atoms. The normalized spacial score (nSPS) is 10.5. The Labute approximate surface area is 129 Å². The number of benzene rings is 1. The zero-order chi connectivity index (χ0) is 15.9. The van der Waals surface area contributed by atoms with Crippen LogP contribution in [0, 0.1) is 0 Å². The topological polar surface area (TPSA) is 71.3 Å². The Bertz CT molecular complexity index is 614. The van der Waals surface area contributed by atoms with E-state index in [1.54, 1.807) is 36.4 Å². The van der Waals surface area contributed by atoms with Crippen LogP contribution in [0.1, 0.15) is 47.6 Å². The standard InChI is InChI=1S/C17H20N2O3/c1-3-13(4-2)18-16(20)12-7-9-14(10-8-12)19-17(21)15-6-5-11-22-15/h5-11,13H,3-4H2,1-2H3,(H,18,20)(H,19,21). The van der Waals surface area contributed by atoms with Gasteiger partial charge < -0.3 is 15.1 Å². The van der Waals surface area contributed by atoms with Crippen molar-refractivity contribution in [3.05, 3.63) is 54.0 Å². The highest BCUT2D eigenvalue weighted by Gasteiger charge is 2.12. The lowest BCUT2D eigenvalue weighted by Crippen LogP contribution is -2.33. The zero-order valence-electron chi connectivity index (χ0n) is 12.8. The van der Waals surface area contributed by atoms with Crippen molar-refractivity contribution < 1.29 is 14.0 Å². The Morgan fingerprint density at radius 3 is 2.27 bits per heavy atom. The third-order valence-corrected chi connectivity index (χ3v) is 3.47. The maximum Gasteiger partial charge on any atom is 0.291 e. The van der Waals surface area contributed by atoms with Crippen LogP contribution in [0.5, 0.6) is 0 Å². The summed E-state index contributed by atoms with van der Waals surface area (Å²) in [6.07, 6.45) is 3.25. The van der Waals surface area contributed by atoms with E-state index in [9.17, 15) is 9.59 Å². The van der Waals surface area contributed by atoms with E-state index >= 15 is 0 Å². The van der Waals surface area contributed by atoms with Gasteiger partial charge in [-0.05, 0) is 49.2 Å². The van der Waals surface area contributed by atoms with E-state index in [0.717, 1.165) is 12.8 Å². The second-order valence-electron chi connectivity index (χ2n) is 5.00. The summed E-state index contributed by atoms with van der Waals surface area (Å²) in [5, 5.41) is 5.68. The van der Waals surface area contributed by atoms with Crippen LogP contribution in [-0.2, 0) is 0 Å². The van der Waals surface area contributed by atoms with E-state index < -0.39 is 0 Å². The minimum absolute atomic E-state index is 0.0994. The number of hydrogen-bond acceptors (Lipinski definition) is 3. The minimum Gasteiger partial charge on any atom is -0.459 e. The smallest absolute Gasteiger partial charge is 0.291 e. The van der Waals surface area contributed by atoms with Gasteiger partial charge in [-0.2, -0.15) is 0 Å². The van der Waals surface area contributed by atoms with Gasteiger partial charge in [0.25, 0.3) is 11.8 Å². The van der Waals surface area contributed by atoms with Gasteiger partial charge in [-0.1, -0.05) is 13.8 Å². The number of amides is 2. The Balaban J connectivity index is 1.98. The lowest BCUT2D eigenvalue weighted by atomic mass is 10.1. The molecule has 0 aliphatic rings. The molecule has 0 radical (unpaired) electrons. The van der Waals surface area contributed by atoms with Gasteiger partial charge in [0.15, 0.2) is 5.76 Å². The minimum atomic E-state index is -0.320. The average molecular weight is 300 g/mol. The molecule has 5 nitrogen and oxygen atoms in total. The van der Waals surface area contributed by atoms with Gasteiger partial charge in [0.05, 0.1) is 6.26 Å². The highest BCUT2D eigenvalue weighted by Crippen LogP contribution is 2.12. The molecule has 1 aromatic carbocycles. The fourth-order valence-corrected chi connectivity index (χ4v) is 2.07. The van der Waals surface area contributed by atoms with E-state index in [2.05, 4.69) is 10.6 Å². The lowest BCUT2D eigenvalue weighted by molar-refractivity contribution is 0.0934. The summed E-state index contributed by atoms with van der Waals surface area (Å²) in [6.45, 7) is 4.09. The number of nitrogens with one attached hydrogen (secondary N) is 2. The predicted octanol–water partition coefficient (Wildman–Crippen LogP) is 3.45. The van der Waals surface area contributed by atoms with Crippen molar-refractivity contribution in [2.75, 3.05) is 5.32 Å². The molecule has 0 saturated carbocycles. The van der Waals surface area contributed by atoms with Crippen LogP contribution in [0.25, 0.3) is 0 Å². The number of carbonyl (C=O) groups excluding carboxylic acids is 2. The molecule has 2 amide bonds. The molecule has 0 bridgehead atoms. The number of rotatable bonds is 6. The van der Waals surface area contributed by atoms with Gasteiger partial charge in [-0.15, -0.1) is 0 Å². The SMILES string of the molecule is CCC(CC)NC(=O)c1ccc(NC(=O)c2ccco2)cc1. The molecule has 2 aromatic rings. The molecule has 5 heteroatoms. The first kappa shape index (κ1) is 15.8. The quantitative estimate of drug-likeness (QED) is 0.858. The fraction of sp³-hybridized carbons (Fsp3) is 0.294. The van der Waals surface area contributed by atoms with Gasteiger partial charge in [0, 0.05) is 17.3 Å². The number of anilines is 1. The van der Waals surface area contributed by atoms with Crippen molar-refractivity contribution in [2.24, 2.45) is 0 Å². The first-order chi connectivity index (χ1) is 10.6. The van der Waals surface area contributed by atoms with Gasteiger partial charge in [-0.3, -0.25) is 9.59 Å². The lowest BCUT2D eigenvalue weighted by Gasteiger charge is -2.14. The highest BCUT2D eigenvalue weighted by atomic mass is 16.3. The Hall–Kier alpha value is -2.56. The Morgan fingerprint density at radius 2 is 1.73 bits per heavy atom. The highest BCUT2D eigenvalue weighted by molar-refractivity contribution is 6.02. The van der Waals surface area contributed by atoms with Gasteiger partial charge in [0.1, 0.15) is 0 Å². The van der Waals surface area contributed by atoms with E-state index in [4.69, 9.17) is 4.42 Å². The van der Waals surface area contributed by atoms with Crippen molar-refractivity contribution in [2.45, 2.75) is 32.7 Å². The van der Waals surface area contributed by atoms with Crippen LogP contribution >= 0.6 is 0 Å². The second-order valence-corrected chi connectivity index (χ2v) is 5.00. The van der Waals surface area contributed by atoms with Crippen molar-refractivity contribution in [3.63, 3.8) is 0 Å². The maximum atomic E-state index is 12.1. The number of furan rings is 1. The summed E-state index contributed by atoms with van der Waals surface area (Å²) in [4.78, 5) is 23.9. The molecule has 2 rings (SSSR count). The van der Waals surface area contributed by atoms with Gasteiger partial charge >= 0.3 is 0 Å². The summed E-state index contributed by atoms with van der Waals surface area (Å²) in [7, 11) is 0. The second kappa shape index (κ2) is 7.45. The molecule has 116 valence electrons. The molecular formula is C17H20N2O3. The molecule has 0 atom stereocenters. The summed E-state index contributed by atoms with van der Waals surface area (Å²) in [5.74, 6) is -0.174. The van der Waals surface area contributed by atoms with E-state index in [1.807, 2.05) is 13.8 Å². The van der Waals surface area contributed by atoms with Crippen LogP contribution in [0.15, 0.2) is 47.1 Å². The largest absolute Gasteiger partial charge is 0.459 e. The molecule has 0 unspecified atom stereocenters. The van der Waals surface area contributed by atoms with Crippen LogP contribution < -0.4 is 10.6 Å². The summed E-state index contributed by atoms with van der Waals surface area (Å²) >= 11 is 0. The van der Waals surface area contributed by atoms with Crippen LogP contribution in [0.4, 0.5) is 5.69 Å². The predicted molar refractivity (Wildman–Crippen MR) is 84.9 cm³/mol. The zero-order valence-corrected chi connectivity index (χ0v) is 12.8. The molecule has 0 fully saturated rings. The van der Waals surface area contributed by atoms with Crippen molar-refractivity contribution in [3.8, 4) is 0 Å². The van der Waals surface area contributed by atoms with E-state index in [0.29, 0.717) is 11.3 Å². The first-order valence-corrected chi connectivity index (χ1v) is 7.39. The van der Waals surface area contributed by atoms with E-state index in [-0.39, 0.29) is 23.6 Å². The number of carbonyl (C=O) groups is 2. The molecule has 0 aliphatic carbocycles. The summed E-state index contributed by atoms with van der Waals surface area (Å²) in [6, 6.07) is 10.2. The third-order valence-electron chi connectivity index (χ3n) is 3.47. The molecule has 2 N–H and O–H groups in total. The Morgan fingerprint density at radius 1 is 1.05 bits per heavy atom. The average Bonchev–Trinajstić information content (AvgIpc) is 3.07. The summed E-state index contributed by atoms with van der Waals surface area (Å²) < 4.78 is 5.02. The van der Waals surface area contributed by atoms with Gasteiger partial charge in [-0.25, -0.2) is 0 Å². The van der Waals surface area contributed by atoms with Crippen molar-refractivity contribution >= 4 is 17.5 Å². The molecule has 0 saturated heterocycles. The van der Waals surface area contributed by atoms with Gasteiger partial charge in [0.2, 0.25) is 0 Å². The first-order valence-electron chi connectivity index (χ1n) is 7.39. The molecule has 22 heavy (non-hydrogen) atoms. The molecule has 1 heterocycles. The summed E-state index contributed by atoms with van der Waals surface area (Å²) in [5.41, 5.74) is 1.18. The molecule has 1 aromatic heterocycles. The third kappa shape index (κ3) is 3.97.